The van der Waals surface area contributed by atoms with Crippen molar-refractivity contribution in [3.05, 3.63) is 93.3 Å². The maximum atomic E-state index is 3.90. The molecular weight excluding hydrogens is 476 g/mol. The standard InChI is InChI=1S/C25H24BrN2S.ClH/c1-27(2)19-13-9-17(10-14-19)23(18-11-15-20(16-12-18)28(3)4)25-24(26)21-7-5-6-8-22(21)29-25;/h5-16H,1-4H3;1H/q+1;/p-1. The number of anilines is 1. The van der Waals surface area contributed by atoms with Gasteiger partial charge in [0.1, 0.15) is 14.1 Å². The van der Waals surface area contributed by atoms with Crippen molar-refractivity contribution in [2.45, 2.75) is 0 Å². The molecule has 154 valence electrons. The molecule has 0 spiro atoms. The summed E-state index contributed by atoms with van der Waals surface area (Å²) in [5.74, 6) is 0. The Hall–Kier alpha value is -2.14. The molecule has 0 aliphatic heterocycles. The second kappa shape index (κ2) is 9.34. The SMILES string of the molecule is CN(C)c1ccc(C(=C2C=CC(=[N+](C)C)C=C2)c2sc3ccccc3c2Br)cc1.[Cl-]. The molecule has 1 aliphatic carbocycles. The molecule has 0 atom stereocenters. The number of thiophene rings is 1. The van der Waals surface area contributed by atoms with Crippen LogP contribution < -0.4 is 17.3 Å². The van der Waals surface area contributed by atoms with Gasteiger partial charge >= 0.3 is 0 Å². The molecular formula is C25H24BrClN2S. The smallest absolute Gasteiger partial charge is 0.199 e. The lowest BCUT2D eigenvalue weighted by molar-refractivity contribution is -0.462. The quantitative estimate of drug-likeness (QED) is 0.501. The van der Waals surface area contributed by atoms with Gasteiger partial charge in [0, 0.05) is 52.1 Å². The zero-order valence-corrected chi connectivity index (χ0v) is 20.6. The van der Waals surface area contributed by atoms with Crippen molar-refractivity contribution in [1.29, 1.82) is 0 Å². The summed E-state index contributed by atoms with van der Waals surface area (Å²) in [6.07, 6.45) is 8.82. The van der Waals surface area contributed by atoms with Crippen LogP contribution in [0.3, 0.4) is 0 Å². The van der Waals surface area contributed by atoms with Crippen LogP contribution in [0.15, 0.2) is 82.9 Å². The molecule has 0 unspecified atom stereocenters. The first-order valence-corrected chi connectivity index (χ1v) is 11.2. The lowest BCUT2D eigenvalue weighted by Gasteiger charge is -2.16. The van der Waals surface area contributed by atoms with E-state index >= 15 is 0 Å². The van der Waals surface area contributed by atoms with Crippen LogP contribution in [0.4, 0.5) is 5.69 Å². The molecule has 30 heavy (non-hydrogen) atoms. The third kappa shape index (κ3) is 4.31. The van der Waals surface area contributed by atoms with Gasteiger partial charge in [-0.2, -0.15) is 0 Å². The van der Waals surface area contributed by atoms with Crippen molar-refractivity contribution >= 4 is 54.3 Å². The molecule has 0 N–H and O–H groups in total. The molecule has 2 nitrogen and oxygen atoms in total. The second-order valence-electron chi connectivity index (χ2n) is 7.50. The molecule has 0 saturated heterocycles. The summed E-state index contributed by atoms with van der Waals surface area (Å²) in [6.45, 7) is 0. The largest absolute Gasteiger partial charge is 1.00 e. The Morgan fingerprint density at radius 3 is 2.10 bits per heavy atom. The van der Waals surface area contributed by atoms with E-state index in [-0.39, 0.29) is 12.4 Å². The first kappa shape index (κ1) is 22.5. The Bertz CT molecular complexity index is 1180. The fourth-order valence-electron chi connectivity index (χ4n) is 3.46. The fourth-order valence-corrected chi connectivity index (χ4v) is 5.56. The number of rotatable bonds is 3. The third-order valence-electron chi connectivity index (χ3n) is 5.11. The number of halogens is 2. The zero-order chi connectivity index (χ0) is 20.5. The minimum Gasteiger partial charge on any atom is -1.00 e. The summed E-state index contributed by atoms with van der Waals surface area (Å²) in [5.41, 5.74) is 6.10. The van der Waals surface area contributed by atoms with Crippen LogP contribution >= 0.6 is 27.3 Å². The normalized spacial score (nSPS) is 12.8. The van der Waals surface area contributed by atoms with Crippen molar-refractivity contribution in [3.63, 3.8) is 0 Å². The molecule has 1 aromatic heterocycles. The van der Waals surface area contributed by atoms with Crippen LogP contribution in [0, 0.1) is 0 Å². The van der Waals surface area contributed by atoms with Crippen molar-refractivity contribution in [2.24, 2.45) is 0 Å². The van der Waals surface area contributed by atoms with Crippen molar-refractivity contribution in [3.8, 4) is 0 Å². The van der Waals surface area contributed by atoms with Crippen molar-refractivity contribution in [2.75, 3.05) is 33.1 Å². The highest BCUT2D eigenvalue weighted by Crippen LogP contribution is 2.43. The monoisotopic (exact) mass is 498 g/mol. The van der Waals surface area contributed by atoms with Crippen LogP contribution in [-0.4, -0.2) is 38.5 Å². The highest BCUT2D eigenvalue weighted by atomic mass is 79.9. The van der Waals surface area contributed by atoms with E-state index in [4.69, 9.17) is 0 Å². The minimum absolute atomic E-state index is 0. The first-order chi connectivity index (χ1) is 14.0. The van der Waals surface area contributed by atoms with Crippen LogP contribution in [0.2, 0.25) is 0 Å². The van der Waals surface area contributed by atoms with E-state index in [0.29, 0.717) is 0 Å². The van der Waals surface area contributed by atoms with Crippen LogP contribution in [0.25, 0.3) is 15.7 Å². The molecule has 0 fully saturated rings. The fraction of sp³-hybridized carbons (Fsp3) is 0.160. The number of hydrogen-bond acceptors (Lipinski definition) is 2. The highest BCUT2D eigenvalue weighted by Gasteiger charge is 2.19. The van der Waals surface area contributed by atoms with Crippen LogP contribution in [0.5, 0.6) is 0 Å². The summed E-state index contributed by atoms with van der Waals surface area (Å²) >= 11 is 5.73. The van der Waals surface area contributed by atoms with Gasteiger partial charge in [-0.15, -0.1) is 11.3 Å². The second-order valence-corrected chi connectivity index (χ2v) is 9.34. The van der Waals surface area contributed by atoms with Gasteiger partial charge in [0.05, 0.1) is 4.88 Å². The van der Waals surface area contributed by atoms with Gasteiger partial charge < -0.3 is 17.3 Å². The maximum absolute atomic E-state index is 3.90. The average molecular weight is 500 g/mol. The molecule has 4 rings (SSSR count). The van der Waals surface area contributed by atoms with Gasteiger partial charge in [0.15, 0.2) is 5.71 Å². The molecule has 1 aliphatic rings. The molecule has 0 radical (unpaired) electrons. The van der Waals surface area contributed by atoms with Gasteiger partial charge in [-0.1, -0.05) is 30.3 Å². The van der Waals surface area contributed by atoms with Crippen LogP contribution in [0.1, 0.15) is 10.4 Å². The lowest BCUT2D eigenvalue weighted by atomic mass is 9.94. The molecule has 2 aromatic carbocycles. The summed E-state index contributed by atoms with van der Waals surface area (Å²) in [5, 5.41) is 1.26. The summed E-state index contributed by atoms with van der Waals surface area (Å²) < 4.78 is 4.59. The summed E-state index contributed by atoms with van der Waals surface area (Å²) in [7, 11) is 8.29. The van der Waals surface area contributed by atoms with E-state index < -0.39 is 0 Å². The number of fused-ring (bicyclic) bond motifs is 1. The van der Waals surface area contributed by atoms with Crippen molar-refractivity contribution < 1.29 is 17.0 Å². The summed E-state index contributed by atoms with van der Waals surface area (Å²) in [4.78, 5) is 3.39. The van der Waals surface area contributed by atoms with Crippen LogP contribution in [-0.2, 0) is 0 Å². The molecule has 3 aromatic rings. The lowest BCUT2D eigenvalue weighted by Crippen LogP contribution is -3.00. The highest BCUT2D eigenvalue weighted by molar-refractivity contribution is 9.10. The van der Waals surface area contributed by atoms with E-state index in [1.54, 1.807) is 0 Å². The Labute approximate surface area is 197 Å². The Kier molecular flexibility index (Phi) is 7.02. The Morgan fingerprint density at radius 1 is 0.900 bits per heavy atom. The molecule has 0 bridgehead atoms. The van der Waals surface area contributed by atoms with Gasteiger partial charge in [-0.05, 0) is 57.4 Å². The third-order valence-corrected chi connectivity index (χ3v) is 7.38. The predicted molar refractivity (Wildman–Crippen MR) is 132 cm³/mol. The number of allylic oxidation sites excluding steroid dienone is 5. The van der Waals surface area contributed by atoms with E-state index in [1.165, 1.54) is 47.5 Å². The van der Waals surface area contributed by atoms with Crippen molar-refractivity contribution in [1.82, 2.24) is 0 Å². The number of hydrogen-bond donors (Lipinski definition) is 0. The molecule has 0 amide bonds. The minimum atomic E-state index is 0. The van der Waals surface area contributed by atoms with E-state index in [2.05, 4.69) is 126 Å². The molecule has 0 saturated carbocycles. The topological polar surface area (TPSA) is 6.25 Å². The van der Waals surface area contributed by atoms with E-state index in [1.807, 2.05) is 11.3 Å². The van der Waals surface area contributed by atoms with Gasteiger partial charge in [-0.25, -0.2) is 4.58 Å². The van der Waals surface area contributed by atoms with E-state index in [9.17, 15) is 0 Å². The Morgan fingerprint density at radius 2 is 1.53 bits per heavy atom. The maximum Gasteiger partial charge on any atom is 0.199 e. The first-order valence-electron chi connectivity index (χ1n) is 9.55. The van der Waals surface area contributed by atoms with Gasteiger partial charge in [0.25, 0.3) is 0 Å². The zero-order valence-electron chi connectivity index (χ0n) is 17.5. The predicted octanol–water partition coefficient (Wildman–Crippen LogP) is 3.37. The average Bonchev–Trinajstić information content (AvgIpc) is 3.05. The summed E-state index contributed by atoms with van der Waals surface area (Å²) in [6, 6.07) is 17.4. The molecule has 5 heteroatoms. The van der Waals surface area contributed by atoms with Gasteiger partial charge in [0.2, 0.25) is 0 Å². The molecule has 1 heterocycles. The number of benzene rings is 2. The van der Waals surface area contributed by atoms with Gasteiger partial charge in [-0.3, -0.25) is 0 Å². The number of nitrogens with zero attached hydrogens (tertiary/aromatic N) is 2. The van der Waals surface area contributed by atoms with E-state index in [0.717, 1.165) is 0 Å². The Balaban J connectivity index is 0.00000256.